The maximum atomic E-state index is 10.2. The highest BCUT2D eigenvalue weighted by molar-refractivity contribution is 6.25. The van der Waals surface area contributed by atoms with Gasteiger partial charge in [0.1, 0.15) is 0 Å². The zero-order valence-electron chi connectivity index (χ0n) is 46.3. The molecule has 0 spiro atoms. The molecule has 0 saturated heterocycles. The highest BCUT2D eigenvalue weighted by Crippen LogP contribution is 2.62. The lowest BCUT2D eigenvalue weighted by atomic mass is 9.50. The maximum Gasteiger partial charge on any atom is 0.0945 e. The van der Waals surface area contributed by atoms with Crippen LogP contribution in [0.2, 0.25) is 0 Å². The van der Waals surface area contributed by atoms with Crippen molar-refractivity contribution in [3.8, 4) is 0 Å². The SMILES string of the molecule is COC1(C)Cc2c3c(c4c(c21)CC4(C)OC)CC3(C)CO.Cc1c(C)c2c(c3c1C(C)(C)C3)CC2(C)CO.Cc1c(C)c2c(c3c1C(C)(C)C3)CC2(C)Cl.Cc1c(C)c2c(c3c1C(C)(O)C3)CC2(C)O. The number of hydrogen-bond acceptors (Lipinski definition) is 6. The average molecular weight is 972 g/mol. The minimum absolute atomic E-state index is 0.0267. The number of hydrogen-bond donors (Lipinski definition) is 4. The van der Waals surface area contributed by atoms with Gasteiger partial charge in [-0.25, -0.2) is 0 Å². The molecule has 9 aliphatic rings. The molecule has 0 fully saturated rings. The van der Waals surface area contributed by atoms with E-state index in [2.05, 4.69) is 104 Å². The molecule has 6 nitrogen and oxygen atoms in total. The van der Waals surface area contributed by atoms with Crippen LogP contribution in [-0.2, 0) is 116 Å². The monoisotopic (exact) mass is 971 g/mol. The number of halogens is 1. The number of methoxy groups -OCH3 is 2. The lowest BCUT2D eigenvalue weighted by Crippen LogP contribution is -2.54. The molecule has 70 heavy (non-hydrogen) atoms. The molecule has 0 bridgehead atoms. The number of aliphatic hydroxyl groups is 4. The van der Waals surface area contributed by atoms with Crippen LogP contribution in [0.1, 0.15) is 210 Å². The lowest BCUT2D eigenvalue weighted by molar-refractivity contribution is -0.0406. The number of fused-ring (bicyclic) bond motifs is 15. The van der Waals surface area contributed by atoms with E-state index in [1.54, 1.807) is 47.6 Å². The van der Waals surface area contributed by atoms with Crippen molar-refractivity contribution in [2.24, 2.45) is 0 Å². The van der Waals surface area contributed by atoms with Gasteiger partial charge in [0.05, 0.1) is 40.5 Å². The summed E-state index contributed by atoms with van der Waals surface area (Å²) >= 11 is 6.53. The standard InChI is InChI=1S/C18H24O3.C16H22O.C15H19Cl.C14H18O2/c1-16(9-19)6-10-13(16)11-7-17(2,20-4)15(11)12-8-18(3,21-5)14(10)12;1-9-10(2)14-12(7-16(14,5)8-17)11-6-15(3,4)13(9)11;1-8-9(2)13-11(7-15(13,5)16)10-6-14(3,4)12(8)10;1-7-8(2)12-10(6-14(12,4)16)9-5-13(3,15)11(7)9/h19H,6-9H2,1-5H3;17H,6-8H2,1-5H3;6-7H2,1-5H3;15-16H,5-6H2,1-4H3. The molecule has 4 N–H and O–H groups in total. The summed E-state index contributed by atoms with van der Waals surface area (Å²) in [5.41, 5.74) is 32.9. The van der Waals surface area contributed by atoms with Crippen molar-refractivity contribution in [3.05, 3.63) is 134 Å². The summed E-state index contributed by atoms with van der Waals surface area (Å²) in [7, 11) is 3.60. The van der Waals surface area contributed by atoms with Gasteiger partial charge >= 0.3 is 0 Å². The molecule has 0 amide bonds. The Kier molecular flexibility index (Phi) is 10.8. The quantitative estimate of drug-likeness (QED) is 0.152. The van der Waals surface area contributed by atoms with Gasteiger partial charge in [0.2, 0.25) is 0 Å². The van der Waals surface area contributed by atoms with Gasteiger partial charge in [-0.15, -0.1) is 11.6 Å². The Labute approximate surface area is 425 Å². The third-order valence-corrected chi connectivity index (χ3v) is 20.7. The normalized spacial score (nSPS) is 32.9. The van der Waals surface area contributed by atoms with Crippen LogP contribution in [0.3, 0.4) is 0 Å². The Morgan fingerprint density at radius 3 is 1.03 bits per heavy atom. The number of alkyl halides is 1. The van der Waals surface area contributed by atoms with E-state index < -0.39 is 11.2 Å². The average Bonchev–Trinajstić information content (AvgIpc) is 3.22. The van der Waals surface area contributed by atoms with Gasteiger partial charge in [0.25, 0.3) is 0 Å². The van der Waals surface area contributed by atoms with Crippen LogP contribution >= 0.6 is 11.6 Å². The number of ether oxygens (including phenoxy) is 2. The zero-order valence-corrected chi connectivity index (χ0v) is 47.0. The second-order valence-electron chi connectivity index (χ2n) is 26.8. The molecule has 7 atom stereocenters. The predicted molar refractivity (Wildman–Crippen MR) is 284 cm³/mol. The van der Waals surface area contributed by atoms with Crippen LogP contribution in [0, 0.1) is 41.5 Å². The highest BCUT2D eigenvalue weighted by Gasteiger charge is 2.58. The van der Waals surface area contributed by atoms with E-state index in [0.717, 1.165) is 67.2 Å². The van der Waals surface area contributed by atoms with Gasteiger partial charge in [-0.2, -0.15) is 0 Å². The van der Waals surface area contributed by atoms with Crippen molar-refractivity contribution in [2.45, 2.75) is 224 Å². The zero-order chi connectivity index (χ0) is 51.5. The van der Waals surface area contributed by atoms with E-state index in [1.165, 1.54) is 90.7 Å². The van der Waals surface area contributed by atoms with Crippen molar-refractivity contribution in [2.75, 3.05) is 27.4 Å². The third-order valence-electron chi connectivity index (χ3n) is 20.4. The van der Waals surface area contributed by atoms with Gasteiger partial charge in [0.15, 0.2) is 0 Å². The van der Waals surface area contributed by atoms with Crippen molar-refractivity contribution in [1.82, 2.24) is 0 Å². The summed E-state index contributed by atoms with van der Waals surface area (Å²) in [5, 5.41) is 39.8. The molecule has 7 heteroatoms. The fourth-order valence-corrected chi connectivity index (χ4v) is 17.0. The summed E-state index contributed by atoms with van der Waals surface area (Å²) in [4.78, 5) is -0.0983. The summed E-state index contributed by atoms with van der Waals surface area (Å²) in [6, 6.07) is 0. The van der Waals surface area contributed by atoms with E-state index in [0.29, 0.717) is 10.8 Å². The summed E-state index contributed by atoms with van der Waals surface area (Å²) in [6.07, 6.45) is 8.96. The minimum atomic E-state index is -0.652. The maximum absolute atomic E-state index is 10.2. The summed E-state index contributed by atoms with van der Waals surface area (Å²) in [5.74, 6) is 0. The first-order chi connectivity index (χ1) is 32.2. The first-order valence-electron chi connectivity index (χ1n) is 26.3. The molecule has 378 valence electrons. The molecule has 0 aromatic heterocycles. The van der Waals surface area contributed by atoms with Gasteiger partial charge < -0.3 is 29.9 Å². The smallest absolute Gasteiger partial charge is 0.0945 e. The largest absolute Gasteiger partial charge is 0.395 e. The van der Waals surface area contributed by atoms with Crippen LogP contribution in [-0.4, -0.2) is 47.9 Å². The number of aliphatic hydroxyl groups excluding tert-OH is 2. The Morgan fingerprint density at radius 2 is 0.657 bits per heavy atom. The molecule has 13 rings (SSSR count). The molecular weight excluding hydrogens is 888 g/mol. The Morgan fingerprint density at radius 1 is 0.357 bits per heavy atom. The number of rotatable bonds is 4. The van der Waals surface area contributed by atoms with Gasteiger partial charge in [-0.3, -0.25) is 0 Å². The third kappa shape index (κ3) is 6.38. The van der Waals surface area contributed by atoms with Crippen molar-refractivity contribution < 1.29 is 29.9 Å². The lowest BCUT2D eigenvalue weighted by Gasteiger charge is -2.57. The molecule has 7 unspecified atom stereocenters. The molecule has 4 aromatic rings. The second-order valence-corrected chi connectivity index (χ2v) is 27.7. The van der Waals surface area contributed by atoms with Gasteiger partial charge in [-0.1, -0.05) is 41.5 Å². The fraction of sp³-hybridized carbons (Fsp3) is 0.619. The Hall–Kier alpha value is -3.07. The van der Waals surface area contributed by atoms with E-state index in [-0.39, 0.29) is 40.1 Å². The molecular formula is C63H83ClO6. The molecule has 0 saturated carbocycles. The van der Waals surface area contributed by atoms with Crippen molar-refractivity contribution in [1.29, 1.82) is 0 Å². The number of benzene rings is 4. The Balaban J connectivity index is 0.000000109. The van der Waals surface area contributed by atoms with E-state index in [4.69, 9.17) is 21.1 Å². The topological polar surface area (TPSA) is 99.4 Å². The molecule has 0 radical (unpaired) electrons. The highest BCUT2D eigenvalue weighted by atomic mass is 35.5. The fourth-order valence-electron chi connectivity index (χ4n) is 16.6. The Bertz CT molecular complexity index is 2670. The van der Waals surface area contributed by atoms with Crippen molar-refractivity contribution in [3.63, 3.8) is 0 Å². The van der Waals surface area contributed by atoms with E-state index in [9.17, 15) is 20.4 Å². The van der Waals surface area contributed by atoms with Crippen LogP contribution in [0.4, 0.5) is 0 Å². The minimum Gasteiger partial charge on any atom is -0.395 e. The first-order valence-corrected chi connectivity index (χ1v) is 26.7. The van der Waals surface area contributed by atoms with Crippen LogP contribution in [0.5, 0.6) is 0 Å². The van der Waals surface area contributed by atoms with Crippen LogP contribution in [0.15, 0.2) is 0 Å². The summed E-state index contributed by atoms with van der Waals surface area (Å²) in [6.45, 7) is 37.6. The van der Waals surface area contributed by atoms with Crippen LogP contribution < -0.4 is 0 Å². The molecule has 0 heterocycles. The van der Waals surface area contributed by atoms with E-state index >= 15 is 0 Å². The van der Waals surface area contributed by atoms with E-state index in [1.807, 2.05) is 13.8 Å². The molecule has 0 aliphatic heterocycles. The first kappa shape index (κ1) is 50.5. The van der Waals surface area contributed by atoms with Crippen LogP contribution in [0.25, 0.3) is 0 Å². The molecule has 4 aromatic carbocycles. The van der Waals surface area contributed by atoms with Crippen molar-refractivity contribution >= 4 is 11.6 Å². The predicted octanol–water partition coefficient (Wildman–Crippen LogP) is 11.2. The van der Waals surface area contributed by atoms with Gasteiger partial charge in [-0.05, 0) is 253 Å². The molecule has 9 aliphatic carbocycles. The summed E-state index contributed by atoms with van der Waals surface area (Å²) < 4.78 is 11.6. The van der Waals surface area contributed by atoms with Gasteiger partial charge in [0, 0.05) is 50.7 Å². The second kappa shape index (κ2) is 15.0.